The molecular formula is C20H30N6O. The van der Waals surface area contributed by atoms with E-state index in [1.54, 1.807) is 7.11 Å². The third-order valence-corrected chi connectivity index (χ3v) is 4.33. The molecule has 0 spiro atoms. The van der Waals surface area contributed by atoms with Crippen molar-refractivity contribution in [1.82, 2.24) is 15.0 Å². The zero-order chi connectivity index (χ0) is 19.6. The van der Waals surface area contributed by atoms with Gasteiger partial charge in [0, 0.05) is 19.7 Å². The Morgan fingerprint density at radius 2 is 2.04 bits per heavy atom. The van der Waals surface area contributed by atoms with E-state index >= 15 is 0 Å². The third-order valence-electron chi connectivity index (χ3n) is 4.33. The van der Waals surface area contributed by atoms with Crippen LogP contribution < -0.4 is 10.6 Å². The second-order valence-corrected chi connectivity index (χ2v) is 6.44. The fourth-order valence-electron chi connectivity index (χ4n) is 2.81. The molecule has 0 aliphatic carbocycles. The second kappa shape index (κ2) is 10.6. The van der Waals surface area contributed by atoms with Crippen molar-refractivity contribution in [3.63, 3.8) is 0 Å². The van der Waals surface area contributed by atoms with Crippen LogP contribution in [-0.4, -0.2) is 35.5 Å². The topological polar surface area (TPSA) is 89.5 Å². The monoisotopic (exact) mass is 370 g/mol. The minimum absolute atomic E-state index is 0.338. The van der Waals surface area contributed by atoms with Crippen LogP contribution >= 0.6 is 0 Å². The maximum Gasteiger partial charge on any atom is 0.162 e. The molecule has 146 valence electrons. The van der Waals surface area contributed by atoms with Gasteiger partial charge < -0.3 is 15.4 Å². The SMILES string of the molecule is C=Nc1c(N)nc(CCCCC)nc1N(COC)Cc1ccc(CC)cn1. The highest BCUT2D eigenvalue weighted by atomic mass is 16.5. The molecular weight excluding hydrogens is 340 g/mol. The van der Waals surface area contributed by atoms with Crippen LogP contribution in [-0.2, 0) is 24.1 Å². The minimum atomic E-state index is 0.338. The first-order chi connectivity index (χ1) is 13.1. The van der Waals surface area contributed by atoms with Crippen molar-refractivity contribution in [2.24, 2.45) is 4.99 Å². The van der Waals surface area contributed by atoms with E-state index in [1.807, 2.05) is 17.2 Å². The number of hydrogen-bond donors (Lipinski definition) is 1. The van der Waals surface area contributed by atoms with Gasteiger partial charge in [-0.05, 0) is 31.2 Å². The van der Waals surface area contributed by atoms with Crippen molar-refractivity contribution < 1.29 is 4.74 Å². The molecule has 27 heavy (non-hydrogen) atoms. The van der Waals surface area contributed by atoms with E-state index in [2.05, 4.69) is 41.6 Å². The molecule has 0 aromatic carbocycles. The van der Waals surface area contributed by atoms with E-state index in [9.17, 15) is 0 Å². The number of methoxy groups -OCH3 is 1. The van der Waals surface area contributed by atoms with Gasteiger partial charge in [-0.1, -0.05) is 32.8 Å². The molecule has 0 bridgehead atoms. The van der Waals surface area contributed by atoms with Gasteiger partial charge in [-0.2, -0.15) is 0 Å². The maximum atomic E-state index is 6.13. The number of aromatic nitrogens is 3. The van der Waals surface area contributed by atoms with Crippen LogP contribution in [0.15, 0.2) is 23.3 Å². The summed E-state index contributed by atoms with van der Waals surface area (Å²) in [6.07, 6.45) is 6.95. The summed E-state index contributed by atoms with van der Waals surface area (Å²) >= 11 is 0. The summed E-state index contributed by atoms with van der Waals surface area (Å²) in [5, 5.41) is 0. The van der Waals surface area contributed by atoms with Gasteiger partial charge in [-0.3, -0.25) is 9.98 Å². The molecule has 2 N–H and O–H groups in total. The maximum absolute atomic E-state index is 6.13. The largest absolute Gasteiger partial charge is 0.382 e. The number of pyridine rings is 1. The third kappa shape index (κ3) is 5.72. The van der Waals surface area contributed by atoms with E-state index in [-0.39, 0.29) is 0 Å². The van der Waals surface area contributed by atoms with E-state index in [0.29, 0.717) is 30.6 Å². The molecule has 0 amide bonds. The van der Waals surface area contributed by atoms with Crippen LogP contribution in [0.1, 0.15) is 50.2 Å². The summed E-state index contributed by atoms with van der Waals surface area (Å²) in [7, 11) is 1.65. The molecule has 0 saturated heterocycles. The summed E-state index contributed by atoms with van der Waals surface area (Å²) in [4.78, 5) is 19.7. The minimum Gasteiger partial charge on any atom is -0.382 e. The molecule has 7 nitrogen and oxygen atoms in total. The number of nitrogen functional groups attached to an aromatic ring is 1. The number of unbranched alkanes of at least 4 members (excludes halogenated alkanes) is 2. The molecule has 0 aliphatic heterocycles. The number of aryl methyl sites for hydroxylation is 2. The van der Waals surface area contributed by atoms with Crippen LogP contribution in [0.3, 0.4) is 0 Å². The molecule has 0 atom stereocenters. The fraction of sp³-hybridized carbons (Fsp3) is 0.500. The van der Waals surface area contributed by atoms with Crippen molar-refractivity contribution in [2.45, 2.75) is 52.5 Å². The lowest BCUT2D eigenvalue weighted by molar-refractivity contribution is 0.195. The number of anilines is 2. The molecule has 0 radical (unpaired) electrons. The van der Waals surface area contributed by atoms with Crippen molar-refractivity contribution in [2.75, 3.05) is 24.5 Å². The summed E-state index contributed by atoms with van der Waals surface area (Å²) in [5.74, 6) is 1.70. The zero-order valence-corrected chi connectivity index (χ0v) is 16.6. The first kappa shape index (κ1) is 20.8. The molecule has 2 aromatic heterocycles. The normalized spacial score (nSPS) is 10.8. The molecule has 2 aromatic rings. The van der Waals surface area contributed by atoms with Gasteiger partial charge in [-0.15, -0.1) is 0 Å². The van der Waals surface area contributed by atoms with E-state index in [1.165, 1.54) is 5.56 Å². The zero-order valence-electron chi connectivity index (χ0n) is 16.6. The highest BCUT2D eigenvalue weighted by Gasteiger charge is 2.18. The first-order valence-electron chi connectivity index (χ1n) is 9.43. The highest BCUT2D eigenvalue weighted by Crippen LogP contribution is 2.32. The lowest BCUT2D eigenvalue weighted by Crippen LogP contribution is -2.27. The second-order valence-electron chi connectivity index (χ2n) is 6.44. The number of aliphatic imine (C=N–C) groups is 1. The molecule has 0 aliphatic rings. The van der Waals surface area contributed by atoms with Crippen LogP contribution in [0.2, 0.25) is 0 Å². The highest BCUT2D eigenvalue weighted by molar-refractivity contribution is 5.75. The molecule has 0 saturated carbocycles. The molecule has 0 unspecified atom stereocenters. The summed E-state index contributed by atoms with van der Waals surface area (Å²) < 4.78 is 5.39. The fourth-order valence-corrected chi connectivity index (χ4v) is 2.81. The quantitative estimate of drug-likeness (QED) is 0.368. The number of nitrogens with zero attached hydrogens (tertiary/aromatic N) is 5. The van der Waals surface area contributed by atoms with Crippen LogP contribution in [0.5, 0.6) is 0 Å². The van der Waals surface area contributed by atoms with Crippen LogP contribution in [0.25, 0.3) is 0 Å². The predicted molar refractivity (Wildman–Crippen MR) is 111 cm³/mol. The van der Waals surface area contributed by atoms with Gasteiger partial charge in [0.05, 0.1) is 12.2 Å². The van der Waals surface area contributed by atoms with Crippen LogP contribution in [0, 0.1) is 0 Å². The number of ether oxygens (including phenoxy) is 1. The number of nitrogens with two attached hydrogens (primary N) is 1. The Bertz CT molecular complexity index is 732. The van der Waals surface area contributed by atoms with Gasteiger partial charge in [0.25, 0.3) is 0 Å². The van der Waals surface area contributed by atoms with Gasteiger partial charge in [0.1, 0.15) is 18.2 Å². The van der Waals surface area contributed by atoms with E-state index in [4.69, 9.17) is 15.5 Å². The Hall–Kier alpha value is -2.54. The van der Waals surface area contributed by atoms with Gasteiger partial charge >= 0.3 is 0 Å². The Morgan fingerprint density at radius 1 is 1.22 bits per heavy atom. The van der Waals surface area contributed by atoms with Gasteiger partial charge in [0.15, 0.2) is 11.6 Å². The average molecular weight is 371 g/mol. The Balaban J connectivity index is 2.33. The molecule has 7 heteroatoms. The Labute approximate surface area is 161 Å². The van der Waals surface area contributed by atoms with Gasteiger partial charge in [0.2, 0.25) is 0 Å². The lowest BCUT2D eigenvalue weighted by Gasteiger charge is -2.24. The average Bonchev–Trinajstić information content (AvgIpc) is 2.68. The smallest absolute Gasteiger partial charge is 0.162 e. The van der Waals surface area contributed by atoms with Gasteiger partial charge in [-0.25, -0.2) is 9.97 Å². The summed E-state index contributed by atoms with van der Waals surface area (Å²) in [6.45, 7) is 8.79. The van der Waals surface area contributed by atoms with Crippen molar-refractivity contribution in [3.8, 4) is 0 Å². The predicted octanol–water partition coefficient (Wildman–Crippen LogP) is 3.69. The first-order valence-corrected chi connectivity index (χ1v) is 9.43. The van der Waals surface area contributed by atoms with E-state index < -0.39 is 0 Å². The van der Waals surface area contributed by atoms with E-state index in [0.717, 1.165) is 43.6 Å². The molecule has 2 heterocycles. The van der Waals surface area contributed by atoms with Crippen molar-refractivity contribution >= 4 is 24.0 Å². The Morgan fingerprint density at radius 3 is 2.63 bits per heavy atom. The number of hydrogen-bond acceptors (Lipinski definition) is 7. The molecule has 2 rings (SSSR count). The van der Waals surface area contributed by atoms with Crippen molar-refractivity contribution in [1.29, 1.82) is 0 Å². The lowest BCUT2D eigenvalue weighted by atomic mass is 10.2. The summed E-state index contributed by atoms with van der Waals surface area (Å²) in [6, 6.07) is 4.11. The number of rotatable bonds is 11. The summed E-state index contributed by atoms with van der Waals surface area (Å²) in [5.41, 5.74) is 8.74. The van der Waals surface area contributed by atoms with Crippen molar-refractivity contribution in [3.05, 3.63) is 35.4 Å². The Kier molecular flexibility index (Phi) is 8.13. The van der Waals surface area contributed by atoms with Crippen LogP contribution in [0.4, 0.5) is 17.3 Å². The molecule has 0 fully saturated rings. The standard InChI is InChI=1S/C20H30N6O/c1-5-7-8-9-17-24-19(21)18(22-3)20(25-17)26(14-27-4)13-16-11-10-15(6-2)12-23-16/h10-12H,3,5-9,13-14H2,1-2,4H3,(H2,21,24,25).